The van der Waals surface area contributed by atoms with Gasteiger partial charge in [0.2, 0.25) is 0 Å². The lowest BCUT2D eigenvalue weighted by Gasteiger charge is -2.19. The molecule has 1 fully saturated rings. The van der Waals surface area contributed by atoms with Crippen LogP contribution in [-0.2, 0) is 0 Å². The van der Waals surface area contributed by atoms with Crippen molar-refractivity contribution in [2.24, 2.45) is 15.4 Å². The van der Waals surface area contributed by atoms with Gasteiger partial charge in [0.05, 0.1) is 11.0 Å². The summed E-state index contributed by atoms with van der Waals surface area (Å²) < 4.78 is 0. The molecular weight excluding hydrogens is 148 g/mol. The molecule has 2 unspecified atom stereocenters. The molecule has 2 nitrogen and oxygen atoms in total. The molecule has 0 aromatic carbocycles. The fourth-order valence-electron chi connectivity index (χ4n) is 2.17. The lowest BCUT2D eigenvalue weighted by Crippen LogP contribution is -2.22. The van der Waals surface area contributed by atoms with E-state index in [9.17, 15) is 0 Å². The quantitative estimate of drug-likeness (QED) is 0.513. The number of allylic oxidation sites excluding steroid dienone is 2. The zero-order valence-corrected chi connectivity index (χ0v) is 6.99. The van der Waals surface area contributed by atoms with Gasteiger partial charge in [-0.25, -0.2) is 4.99 Å². The maximum absolute atomic E-state index is 4.58. The van der Waals surface area contributed by atoms with Gasteiger partial charge in [-0.05, 0) is 13.3 Å². The maximum atomic E-state index is 4.58. The highest BCUT2D eigenvalue weighted by atomic mass is 15.1. The van der Waals surface area contributed by atoms with Crippen LogP contribution in [-0.4, -0.2) is 17.6 Å². The minimum Gasteiger partial charge on any atom is -0.259 e. The summed E-state index contributed by atoms with van der Waals surface area (Å²) in [6.07, 6.45) is 11.7. The number of hydrogen-bond donors (Lipinski definition) is 0. The fraction of sp³-hybridized carbons (Fsp3) is 0.400. The Labute approximate surface area is 71.4 Å². The van der Waals surface area contributed by atoms with E-state index < -0.39 is 0 Å². The Kier molecular flexibility index (Phi) is 0.849. The second kappa shape index (κ2) is 1.60. The average molecular weight is 158 g/mol. The van der Waals surface area contributed by atoms with Crippen molar-refractivity contribution in [2.45, 2.75) is 18.9 Å². The van der Waals surface area contributed by atoms with E-state index in [-0.39, 0.29) is 11.0 Å². The van der Waals surface area contributed by atoms with Crippen molar-refractivity contribution in [3.63, 3.8) is 0 Å². The van der Waals surface area contributed by atoms with Crippen molar-refractivity contribution in [1.82, 2.24) is 0 Å². The van der Waals surface area contributed by atoms with E-state index in [0.717, 1.165) is 12.3 Å². The summed E-state index contributed by atoms with van der Waals surface area (Å²) in [7, 11) is 0. The number of amidine groups is 1. The third kappa shape index (κ3) is 0.533. The van der Waals surface area contributed by atoms with Crippen LogP contribution in [0.15, 0.2) is 34.3 Å². The van der Waals surface area contributed by atoms with Crippen molar-refractivity contribution >= 4 is 12.1 Å². The van der Waals surface area contributed by atoms with E-state index in [0.29, 0.717) is 0 Å². The van der Waals surface area contributed by atoms with Crippen LogP contribution >= 0.6 is 0 Å². The minimum absolute atomic E-state index is 0.0631. The molecule has 3 aliphatic rings. The van der Waals surface area contributed by atoms with E-state index in [2.05, 4.69) is 40.5 Å². The fourth-order valence-corrected chi connectivity index (χ4v) is 2.17. The first-order valence-electron chi connectivity index (χ1n) is 4.25. The zero-order chi connectivity index (χ0) is 8.23. The van der Waals surface area contributed by atoms with Crippen LogP contribution in [0.1, 0.15) is 13.3 Å². The normalized spacial score (nSPS) is 46.6. The summed E-state index contributed by atoms with van der Waals surface area (Å²) in [5.74, 6) is 0.906. The van der Waals surface area contributed by atoms with Gasteiger partial charge < -0.3 is 0 Å². The molecule has 3 rings (SSSR count). The number of aliphatic imine (C=N–C) groups is 2. The van der Waals surface area contributed by atoms with E-state index in [1.54, 1.807) is 0 Å². The molecule has 0 amide bonds. The van der Waals surface area contributed by atoms with Crippen molar-refractivity contribution in [2.75, 3.05) is 0 Å². The second-order valence-corrected chi connectivity index (χ2v) is 3.78. The molecule has 0 N–H and O–H groups in total. The van der Waals surface area contributed by atoms with Gasteiger partial charge >= 0.3 is 0 Å². The Morgan fingerprint density at radius 1 is 1.33 bits per heavy atom. The predicted molar refractivity (Wildman–Crippen MR) is 49.7 cm³/mol. The number of nitrogens with zero attached hydrogens (tertiary/aromatic N) is 2. The lowest BCUT2D eigenvalue weighted by molar-refractivity contribution is 0.719. The van der Waals surface area contributed by atoms with E-state index in [1.165, 1.54) is 0 Å². The summed E-state index contributed by atoms with van der Waals surface area (Å²) in [5, 5.41) is 0. The van der Waals surface area contributed by atoms with Crippen LogP contribution in [0.3, 0.4) is 0 Å². The van der Waals surface area contributed by atoms with Crippen molar-refractivity contribution < 1.29 is 0 Å². The van der Waals surface area contributed by atoms with Gasteiger partial charge in [0.25, 0.3) is 0 Å². The molecule has 1 heterocycles. The van der Waals surface area contributed by atoms with Crippen molar-refractivity contribution in [3.8, 4) is 0 Å². The molecule has 0 aromatic heterocycles. The van der Waals surface area contributed by atoms with Gasteiger partial charge in [-0.2, -0.15) is 0 Å². The van der Waals surface area contributed by atoms with Crippen LogP contribution in [0.5, 0.6) is 0 Å². The summed E-state index contributed by atoms with van der Waals surface area (Å²) >= 11 is 0. The van der Waals surface area contributed by atoms with Gasteiger partial charge in [-0.3, -0.25) is 4.99 Å². The number of hydrogen-bond acceptors (Lipinski definition) is 2. The molecular formula is C10H10N2. The SMILES string of the molecule is CC1=NC23C=CC=CC2(C=N1)C3. The van der Waals surface area contributed by atoms with Crippen molar-refractivity contribution in [1.29, 1.82) is 0 Å². The van der Waals surface area contributed by atoms with Crippen LogP contribution in [0.2, 0.25) is 0 Å². The highest BCUT2D eigenvalue weighted by Crippen LogP contribution is 2.62. The molecule has 2 heteroatoms. The topological polar surface area (TPSA) is 24.7 Å². The largest absolute Gasteiger partial charge is 0.259 e. The zero-order valence-electron chi connectivity index (χ0n) is 6.99. The highest BCUT2D eigenvalue weighted by Gasteiger charge is 2.66. The predicted octanol–water partition coefficient (Wildman–Crippen LogP) is 1.74. The highest BCUT2D eigenvalue weighted by molar-refractivity contribution is 5.97. The third-order valence-electron chi connectivity index (χ3n) is 2.96. The van der Waals surface area contributed by atoms with Crippen LogP contribution in [0.25, 0.3) is 0 Å². The average Bonchev–Trinajstić information content (AvgIpc) is 2.72. The lowest BCUT2D eigenvalue weighted by atomic mass is 9.96. The van der Waals surface area contributed by atoms with Gasteiger partial charge in [0.1, 0.15) is 5.84 Å². The first-order valence-corrected chi connectivity index (χ1v) is 4.25. The molecule has 1 aliphatic heterocycles. The first kappa shape index (κ1) is 6.35. The standard InChI is InChI=1S/C10H10N2/c1-8-11-7-9-4-2-3-5-10(9,6-9)12-8/h2-5,7H,6H2,1H3. The Hall–Kier alpha value is -1.18. The molecule has 60 valence electrons. The third-order valence-corrected chi connectivity index (χ3v) is 2.96. The summed E-state index contributed by atoms with van der Waals surface area (Å²) in [6, 6.07) is 0. The van der Waals surface area contributed by atoms with E-state index >= 15 is 0 Å². The monoisotopic (exact) mass is 158 g/mol. The maximum Gasteiger partial charge on any atom is 0.120 e. The Morgan fingerprint density at radius 3 is 3.08 bits per heavy atom. The smallest absolute Gasteiger partial charge is 0.120 e. The molecule has 0 saturated heterocycles. The molecule has 0 bridgehead atoms. The Morgan fingerprint density at radius 2 is 2.17 bits per heavy atom. The number of rotatable bonds is 0. The van der Waals surface area contributed by atoms with Gasteiger partial charge in [0, 0.05) is 6.21 Å². The van der Waals surface area contributed by atoms with Gasteiger partial charge in [0.15, 0.2) is 0 Å². The van der Waals surface area contributed by atoms with Crippen LogP contribution in [0, 0.1) is 5.41 Å². The molecule has 0 aromatic rings. The van der Waals surface area contributed by atoms with E-state index in [1.807, 2.05) is 6.92 Å². The molecule has 2 aliphatic carbocycles. The summed E-state index contributed by atoms with van der Waals surface area (Å²) in [6.45, 7) is 1.96. The molecule has 0 radical (unpaired) electrons. The Balaban J connectivity index is 2.17. The van der Waals surface area contributed by atoms with Gasteiger partial charge in [-0.1, -0.05) is 24.3 Å². The molecule has 1 saturated carbocycles. The van der Waals surface area contributed by atoms with Crippen molar-refractivity contribution in [3.05, 3.63) is 24.3 Å². The second-order valence-electron chi connectivity index (χ2n) is 3.78. The summed E-state index contributed by atoms with van der Waals surface area (Å²) in [4.78, 5) is 8.84. The molecule has 12 heavy (non-hydrogen) atoms. The summed E-state index contributed by atoms with van der Waals surface area (Å²) in [5.41, 5.74) is 0.217. The Bertz CT molecular complexity index is 362. The molecule has 0 spiro atoms. The van der Waals surface area contributed by atoms with E-state index in [4.69, 9.17) is 0 Å². The minimum atomic E-state index is 0.0631. The van der Waals surface area contributed by atoms with Crippen LogP contribution in [0.4, 0.5) is 0 Å². The van der Waals surface area contributed by atoms with Crippen LogP contribution < -0.4 is 0 Å². The first-order chi connectivity index (χ1) is 5.77. The van der Waals surface area contributed by atoms with Gasteiger partial charge in [-0.15, -0.1) is 0 Å². The molecule has 2 atom stereocenters.